The molecule has 1 aliphatic rings. The minimum atomic E-state index is -0.622. The second-order valence-corrected chi connectivity index (χ2v) is 10.7. The molecular formula is C27H28ClN3O5S. The molecule has 4 rings (SSSR count). The number of thiophene rings is 1. The number of methoxy groups -OCH3 is 1. The first-order valence-corrected chi connectivity index (χ1v) is 13.2. The standard InChI is InChI=1S/C27H28ClN3O5S/c1-17(2)15-29(27(33)19-6-9-22(28)23(14-19)31(34)35)16-25(32)30-12-10-24-21(11-13-37-24)26(30)18-4-7-20(36-3)8-5-18/h4-9,11,13-14,17,26H,10,12,15-16H2,1-3H3. The number of carbonyl (C=O) groups excluding carboxylic acids is 2. The second kappa shape index (κ2) is 11.3. The predicted molar refractivity (Wildman–Crippen MR) is 143 cm³/mol. The number of hydrogen-bond donors (Lipinski definition) is 0. The third-order valence-electron chi connectivity index (χ3n) is 6.31. The number of hydrogen-bond acceptors (Lipinski definition) is 6. The topological polar surface area (TPSA) is 93.0 Å². The van der Waals surface area contributed by atoms with Gasteiger partial charge < -0.3 is 14.5 Å². The SMILES string of the molecule is COc1ccc(C2c3ccsc3CCN2C(=O)CN(CC(C)C)C(=O)c2ccc(Cl)c([N+](=O)[O-])c2)cc1. The van der Waals surface area contributed by atoms with Gasteiger partial charge in [0.15, 0.2) is 0 Å². The minimum absolute atomic E-state index is 0.0461. The average molecular weight is 542 g/mol. The Hall–Kier alpha value is -3.43. The molecule has 0 radical (unpaired) electrons. The number of nitro groups is 1. The molecule has 1 aliphatic heterocycles. The highest BCUT2D eigenvalue weighted by Crippen LogP contribution is 2.38. The van der Waals surface area contributed by atoms with E-state index in [-0.39, 0.29) is 40.7 Å². The van der Waals surface area contributed by atoms with Gasteiger partial charge in [-0.1, -0.05) is 37.6 Å². The van der Waals surface area contributed by atoms with Crippen LogP contribution in [0.3, 0.4) is 0 Å². The molecule has 0 saturated heterocycles. The van der Waals surface area contributed by atoms with Crippen molar-refractivity contribution in [2.45, 2.75) is 26.3 Å². The zero-order chi connectivity index (χ0) is 26.7. The average Bonchev–Trinajstić information content (AvgIpc) is 3.36. The Bertz CT molecular complexity index is 1310. The van der Waals surface area contributed by atoms with E-state index in [1.54, 1.807) is 18.4 Å². The van der Waals surface area contributed by atoms with Gasteiger partial charge in [0.2, 0.25) is 5.91 Å². The van der Waals surface area contributed by atoms with Crippen LogP contribution in [-0.4, -0.2) is 53.3 Å². The van der Waals surface area contributed by atoms with Crippen LogP contribution < -0.4 is 4.74 Å². The number of rotatable bonds is 8. The van der Waals surface area contributed by atoms with E-state index in [9.17, 15) is 19.7 Å². The highest BCUT2D eigenvalue weighted by molar-refractivity contribution is 7.10. The van der Waals surface area contributed by atoms with Gasteiger partial charge in [-0.15, -0.1) is 11.3 Å². The molecule has 2 aromatic carbocycles. The van der Waals surface area contributed by atoms with Crippen LogP contribution in [0.5, 0.6) is 5.75 Å². The van der Waals surface area contributed by atoms with Gasteiger partial charge in [-0.2, -0.15) is 0 Å². The van der Waals surface area contributed by atoms with Crippen molar-refractivity contribution in [1.82, 2.24) is 9.80 Å². The maximum atomic E-state index is 13.8. The van der Waals surface area contributed by atoms with Crippen LogP contribution >= 0.6 is 22.9 Å². The molecule has 2 amide bonds. The lowest BCUT2D eigenvalue weighted by molar-refractivity contribution is -0.384. The van der Waals surface area contributed by atoms with Gasteiger partial charge >= 0.3 is 0 Å². The van der Waals surface area contributed by atoms with Crippen molar-refractivity contribution < 1.29 is 19.2 Å². The number of carbonyl (C=O) groups is 2. The number of ether oxygens (including phenoxy) is 1. The minimum Gasteiger partial charge on any atom is -0.497 e. The molecule has 0 fully saturated rings. The van der Waals surface area contributed by atoms with Crippen LogP contribution in [0.4, 0.5) is 5.69 Å². The van der Waals surface area contributed by atoms with E-state index < -0.39 is 10.8 Å². The molecule has 2 heterocycles. The monoisotopic (exact) mass is 541 g/mol. The quantitative estimate of drug-likeness (QED) is 0.274. The summed E-state index contributed by atoms with van der Waals surface area (Å²) in [4.78, 5) is 42.5. The molecule has 3 aromatic rings. The van der Waals surface area contributed by atoms with Crippen molar-refractivity contribution in [3.05, 3.63) is 90.6 Å². The fourth-order valence-corrected chi connectivity index (χ4v) is 5.70. The van der Waals surface area contributed by atoms with E-state index in [1.807, 2.05) is 48.4 Å². The van der Waals surface area contributed by atoms with Crippen molar-refractivity contribution >= 4 is 40.4 Å². The molecule has 0 saturated carbocycles. The van der Waals surface area contributed by atoms with E-state index in [1.165, 1.54) is 28.0 Å². The van der Waals surface area contributed by atoms with E-state index in [2.05, 4.69) is 6.07 Å². The Kier molecular flexibility index (Phi) is 8.14. The summed E-state index contributed by atoms with van der Waals surface area (Å²) in [7, 11) is 1.61. The molecule has 0 bridgehead atoms. The van der Waals surface area contributed by atoms with Gasteiger partial charge in [0.05, 0.1) is 18.1 Å². The zero-order valence-electron chi connectivity index (χ0n) is 20.8. The molecule has 0 spiro atoms. The first-order chi connectivity index (χ1) is 17.7. The largest absolute Gasteiger partial charge is 0.497 e. The van der Waals surface area contributed by atoms with Gasteiger partial charge in [0.1, 0.15) is 17.3 Å². The molecule has 10 heteroatoms. The van der Waals surface area contributed by atoms with E-state index in [0.717, 1.165) is 23.3 Å². The molecule has 1 unspecified atom stereocenters. The molecule has 1 aromatic heterocycles. The third-order valence-corrected chi connectivity index (χ3v) is 7.62. The van der Waals surface area contributed by atoms with Crippen LogP contribution in [0.25, 0.3) is 0 Å². The number of benzene rings is 2. The normalized spacial score (nSPS) is 14.8. The summed E-state index contributed by atoms with van der Waals surface area (Å²) in [5.74, 6) is 0.182. The molecule has 8 nitrogen and oxygen atoms in total. The van der Waals surface area contributed by atoms with Gasteiger partial charge in [-0.05, 0) is 59.2 Å². The number of halogens is 1. The molecule has 194 valence electrons. The van der Waals surface area contributed by atoms with Crippen molar-refractivity contribution in [2.75, 3.05) is 26.7 Å². The lowest BCUT2D eigenvalue weighted by atomic mass is 9.93. The second-order valence-electron chi connectivity index (χ2n) is 9.31. The van der Waals surface area contributed by atoms with Gasteiger partial charge in [0, 0.05) is 29.6 Å². The third kappa shape index (κ3) is 5.78. The molecular weight excluding hydrogens is 514 g/mol. The van der Waals surface area contributed by atoms with Crippen LogP contribution in [0.15, 0.2) is 53.9 Å². The molecule has 0 aliphatic carbocycles. The number of amides is 2. The first-order valence-electron chi connectivity index (χ1n) is 11.9. The Labute approximate surface area is 224 Å². The fraction of sp³-hybridized carbons (Fsp3) is 0.333. The smallest absolute Gasteiger partial charge is 0.288 e. The summed E-state index contributed by atoms with van der Waals surface area (Å²) in [6, 6.07) is 13.4. The number of nitro benzene ring substituents is 1. The van der Waals surface area contributed by atoms with Crippen LogP contribution in [-0.2, 0) is 11.2 Å². The van der Waals surface area contributed by atoms with Crippen LogP contribution in [0, 0.1) is 16.0 Å². The van der Waals surface area contributed by atoms with Gasteiger partial charge in [-0.3, -0.25) is 19.7 Å². The van der Waals surface area contributed by atoms with E-state index >= 15 is 0 Å². The lowest BCUT2D eigenvalue weighted by Gasteiger charge is -2.38. The van der Waals surface area contributed by atoms with Gasteiger partial charge in [0.25, 0.3) is 11.6 Å². The number of fused-ring (bicyclic) bond motifs is 1. The van der Waals surface area contributed by atoms with Crippen LogP contribution in [0.1, 0.15) is 46.3 Å². The summed E-state index contributed by atoms with van der Waals surface area (Å²) in [5.41, 5.74) is 1.83. The van der Waals surface area contributed by atoms with Gasteiger partial charge in [-0.25, -0.2) is 0 Å². The highest BCUT2D eigenvalue weighted by Gasteiger charge is 2.34. The molecule has 37 heavy (non-hydrogen) atoms. The Morgan fingerprint density at radius 2 is 1.95 bits per heavy atom. The summed E-state index contributed by atoms with van der Waals surface area (Å²) < 4.78 is 5.30. The maximum absolute atomic E-state index is 13.8. The maximum Gasteiger partial charge on any atom is 0.288 e. The van der Waals surface area contributed by atoms with E-state index in [4.69, 9.17) is 16.3 Å². The Morgan fingerprint density at radius 3 is 2.59 bits per heavy atom. The molecule has 1 atom stereocenters. The van der Waals surface area contributed by atoms with Crippen molar-refractivity contribution in [1.29, 1.82) is 0 Å². The zero-order valence-corrected chi connectivity index (χ0v) is 22.4. The summed E-state index contributed by atoms with van der Waals surface area (Å²) in [6.45, 7) is 4.62. The highest BCUT2D eigenvalue weighted by atomic mass is 35.5. The first kappa shape index (κ1) is 26.6. The lowest BCUT2D eigenvalue weighted by Crippen LogP contribution is -2.47. The van der Waals surface area contributed by atoms with Crippen LogP contribution in [0.2, 0.25) is 5.02 Å². The summed E-state index contributed by atoms with van der Waals surface area (Å²) in [5, 5.41) is 13.3. The van der Waals surface area contributed by atoms with E-state index in [0.29, 0.717) is 13.1 Å². The number of nitrogens with zero attached hydrogens (tertiary/aromatic N) is 3. The summed E-state index contributed by atoms with van der Waals surface area (Å²) in [6.07, 6.45) is 0.743. The predicted octanol–water partition coefficient (Wildman–Crippen LogP) is 5.59. The Balaban J connectivity index is 1.63. The van der Waals surface area contributed by atoms with Crippen molar-refractivity contribution in [3.8, 4) is 5.75 Å². The summed E-state index contributed by atoms with van der Waals surface area (Å²) >= 11 is 7.62. The fourth-order valence-electron chi connectivity index (χ4n) is 4.61. The molecule has 0 N–H and O–H groups in total. The van der Waals surface area contributed by atoms with Crippen molar-refractivity contribution in [3.63, 3.8) is 0 Å². The van der Waals surface area contributed by atoms with Crippen molar-refractivity contribution in [2.24, 2.45) is 5.92 Å². The Morgan fingerprint density at radius 1 is 1.22 bits per heavy atom.